The number of methoxy groups -OCH3 is 2. The highest BCUT2D eigenvalue weighted by atomic mass is 79.9. The van der Waals surface area contributed by atoms with Crippen molar-refractivity contribution in [3.63, 3.8) is 0 Å². The third kappa shape index (κ3) is 2.70. The maximum Gasteiger partial charge on any atom is 0.339 e. The molecule has 4 nitrogen and oxygen atoms in total. The molecule has 0 aliphatic rings. The molecule has 0 aromatic heterocycles. The molecule has 0 bridgehead atoms. The summed E-state index contributed by atoms with van der Waals surface area (Å²) in [5, 5.41) is 8.97. The molecule has 1 aromatic carbocycles. The number of rotatable bonds is 4. The van der Waals surface area contributed by atoms with Crippen LogP contribution in [-0.4, -0.2) is 25.3 Å². The van der Waals surface area contributed by atoms with E-state index in [4.69, 9.17) is 14.6 Å². The Labute approximate surface area is 95.9 Å². The molecule has 82 valence electrons. The van der Waals surface area contributed by atoms with Crippen molar-refractivity contribution in [2.24, 2.45) is 0 Å². The summed E-state index contributed by atoms with van der Waals surface area (Å²) >= 11 is 3.25. The first-order valence-corrected chi connectivity index (χ1v) is 4.98. The van der Waals surface area contributed by atoms with Crippen LogP contribution >= 0.6 is 15.9 Å². The minimum Gasteiger partial charge on any atom is -0.495 e. The van der Waals surface area contributed by atoms with Crippen molar-refractivity contribution >= 4 is 21.9 Å². The second kappa shape index (κ2) is 5.14. The first kappa shape index (κ1) is 12.0. The molecule has 0 heterocycles. The van der Waals surface area contributed by atoms with Crippen LogP contribution in [0.1, 0.15) is 15.9 Å². The summed E-state index contributed by atoms with van der Waals surface area (Å²) in [5.41, 5.74) is 0.904. The highest BCUT2D eigenvalue weighted by Gasteiger charge is 2.15. The van der Waals surface area contributed by atoms with Crippen LogP contribution in [0.4, 0.5) is 0 Å². The normalized spacial score (nSPS) is 10.1. The number of hydrogen-bond acceptors (Lipinski definition) is 3. The standard InChI is InChI=1S/C10H11BrO4/c1-14-5-6-3-7(10(12)13)9(15-2)8(11)4-6/h3-4H,5H2,1-2H3,(H,12,13). The summed E-state index contributed by atoms with van der Waals surface area (Å²) in [6, 6.07) is 3.31. The molecule has 0 amide bonds. The molecule has 0 aliphatic heterocycles. The van der Waals surface area contributed by atoms with Crippen LogP contribution < -0.4 is 4.74 Å². The zero-order valence-electron chi connectivity index (χ0n) is 8.41. The van der Waals surface area contributed by atoms with Gasteiger partial charge in [-0.15, -0.1) is 0 Å². The fourth-order valence-electron chi connectivity index (χ4n) is 1.27. The van der Waals surface area contributed by atoms with Gasteiger partial charge in [0.2, 0.25) is 0 Å². The Kier molecular flexibility index (Phi) is 4.11. The zero-order valence-corrected chi connectivity index (χ0v) is 10.00. The highest BCUT2D eigenvalue weighted by molar-refractivity contribution is 9.10. The van der Waals surface area contributed by atoms with E-state index in [1.165, 1.54) is 13.2 Å². The van der Waals surface area contributed by atoms with Crippen LogP contribution in [0.3, 0.4) is 0 Å². The summed E-state index contributed by atoms with van der Waals surface area (Å²) in [7, 11) is 2.99. The van der Waals surface area contributed by atoms with E-state index in [1.807, 2.05) is 0 Å². The quantitative estimate of drug-likeness (QED) is 0.916. The lowest BCUT2D eigenvalue weighted by Gasteiger charge is -2.09. The van der Waals surface area contributed by atoms with Crippen LogP contribution in [0.15, 0.2) is 16.6 Å². The van der Waals surface area contributed by atoms with Crippen LogP contribution in [-0.2, 0) is 11.3 Å². The molecule has 0 saturated heterocycles. The van der Waals surface area contributed by atoms with E-state index in [1.54, 1.807) is 13.2 Å². The van der Waals surface area contributed by atoms with Crippen LogP contribution in [0, 0.1) is 0 Å². The lowest BCUT2D eigenvalue weighted by atomic mass is 10.1. The third-order valence-corrected chi connectivity index (χ3v) is 2.44. The van der Waals surface area contributed by atoms with Gasteiger partial charge in [-0.25, -0.2) is 4.79 Å². The van der Waals surface area contributed by atoms with E-state index in [2.05, 4.69) is 15.9 Å². The Morgan fingerprint density at radius 3 is 2.60 bits per heavy atom. The number of aromatic carboxylic acids is 1. The molecular weight excluding hydrogens is 264 g/mol. The summed E-state index contributed by atoms with van der Waals surface area (Å²) in [4.78, 5) is 10.9. The molecule has 1 aromatic rings. The minimum absolute atomic E-state index is 0.124. The van der Waals surface area contributed by atoms with E-state index >= 15 is 0 Å². The highest BCUT2D eigenvalue weighted by Crippen LogP contribution is 2.30. The molecule has 1 N–H and O–H groups in total. The van der Waals surface area contributed by atoms with Crippen molar-refractivity contribution in [2.45, 2.75) is 6.61 Å². The van der Waals surface area contributed by atoms with E-state index in [0.717, 1.165) is 5.56 Å². The molecule has 0 unspecified atom stereocenters. The van der Waals surface area contributed by atoms with E-state index < -0.39 is 5.97 Å². The molecule has 5 heteroatoms. The molecule has 15 heavy (non-hydrogen) atoms. The summed E-state index contributed by atoms with van der Waals surface area (Å²) in [6.45, 7) is 0.364. The average molecular weight is 275 g/mol. The van der Waals surface area contributed by atoms with Gasteiger partial charge in [0.1, 0.15) is 11.3 Å². The smallest absolute Gasteiger partial charge is 0.339 e. The van der Waals surface area contributed by atoms with Crippen LogP contribution in [0.25, 0.3) is 0 Å². The second-order valence-electron chi connectivity index (χ2n) is 2.90. The molecular formula is C10H11BrO4. The maximum atomic E-state index is 10.9. The Balaban J connectivity index is 3.25. The average Bonchev–Trinajstić information content (AvgIpc) is 2.17. The first-order valence-electron chi connectivity index (χ1n) is 4.18. The van der Waals surface area contributed by atoms with Crippen LogP contribution in [0.2, 0.25) is 0 Å². The molecule has 0 radical (unpaired) electrons. The molecule has 1 rings (SSSR count). The Morgan fingerprint density at radius 1 is 1.47 bits per heavy atom. The fraction of sp³-hybridized carbons (Fsp3) is 0.300. The van der Waals surface area contributed by atoms with E-state index in [9.17, 15) is 4.79 Å². The molecule has 0 fully saturated rings. The SMILES string of the molecule is COCc1cc(Br)c(OC)c(C(=O)O)c1. The molecule has 0 aliphatic carbocycles. The Bertz CT molecular complexity index is 376. The van der Waals surface area contributed by atoms with Gasteiger partial charge in [0.25, 0.3) is 0 Å². The monoisotopic (exact) mass is 274 g/mol. The number of hydrogen-bond donors (Lipinski definition) is 1. The maximum absolute atomic E-state index is 10.9. The van der Waals surface area contributed by atoms with Gasteiger partial charge in [-0.3, -0.25) is 0 Å². The van der Waals surface area contributed by atoms with E-state index in [0.29, 0.717) is 16.8 Å². The Morgan fingerprint density at radius 2 is 2.13 bits per heavy atom. The zero-order chi connectivity index (χ0) is 11.4. The molecule has 0 atom stereocenters. The number of carbonyl (C=O) groups is 1. The van der Waals surface area contributed by atoms with Gasteiger partial charge in [-0.05, 0) is 33.6 Å². The minimum atomic E-state index is -1.02. The number of ether oxygens (including phenoxy) is 2. The van der Waals surface area contributed by atoms with Gasteiger partial charge >= 0.3 is 5.97 Å². The van der Waals surface area contributed by atoms with Gasteiger partial charge in [-0.1, -0.05) is 0 Å². The topological polar surface area (TPSA) is 55.8 Å². The summed E-state index contributed by atoms with van der Waals surface area (Å²) in [6.07, 6.45) is 0. The van der Waals surface area contributed by atoms with Gasteiger partial charge in [0, 0.05) is 7.11 Å². The van der Waals surface area contributed by atoms with Gasteiger partial charge < -0.3 is 14.6 Å². The van der Waals surface area contributed by atoms with Crippen molar-refractivity contribution in [1.29, 1.82) is 0 Å². The second-order valence-corrected chi connectivity index (χ2v) is 3.75. The van der Waals surface area contributed by atoms with Gasteiger partial charge in [-0.2, -0.15) is 0 Å². The van der Waals surface area contributed by atoms with Crippen molar-refractivity contribution in [3.8, 4) is 5.75 Å². The fourth-order valence-corrected chi connectivity index (χ4v) is 1.94. The number of carboxylic acid groups (broad SMARTS) is 1. The largest absolute Gasteiger partial charge is 0.495 e. The molecule has 0 spiro atoms. The van der Waals surface area contributed by atoms with Crippen molar-refractivity contribution < 1.29 is 19.4 Å². The van der Waals surface area contributed by atoms with Crippen molar-refractivity contribution in [1.82, 2.24) is 0 Å². The summed E-state index contributed by atoms with van der Waals surface area (Å²) < 4.78 is 10.5. The number of carboxylic acids is 1. The van der Waals surface area contributed by atoms with Crippen LogP contribution in [0.5, 0.6) is 5.75 Å². The third-order valence-electron chi connectivity index (χ3n) is 1.85. The molecule has 0 saturated carbocycles. The summed E-state index contributed by atoms with van der Waals surface area (Å²) in [5.74, 6) is -0.701. The van der Waals surface area contributed by atoms with E-state index in [-0.39, 0.29) is 5.56 Å². The number of benzene rings is 1. The lowest BCUT2D eigenvalue weighted by molar-refractivity contribution is 0.0693. The van der Waals surface area contributed by atoms with Crippen molar-refractivity contribution in [2.75, 3.05) is 14.2 Å². The number of halogens is 1. The van der Waals surface area contributed by atoms with Gasteiger partial charge in [0.15, 0.2) is 0 Å². The van der Waals surface area contributed by atoms with Gasteiger partial charge in [0.05, 0.1) is 18.2 Å². The Hall–Kier alpha value is -1.07. The lowest BCUT2D eigenvalue weighted by Crippen LogP contribution is -2.03. The first-order chi connectivity index (χ1) is 7.10. The predicted molar refractivity (Wildman–Crippen MR) is 58.4 cm³/mol. The van der Waals surface area contributed by atoms with Crippen molar-refractivity contribution in [3.05, 3.63) is 27.7 Å². The predicted octanol–water partition coefficient (Wildman–Crippen LogP) is 2.30.